The molecule has 0 aliphatic carbocycles. The lowest BCUT2D eigenvalue weighted by Gasteiger charge is -2.37. The molecule has 1 amide bonds. The van der Waals surface area contributed by atoms with Crippen LogP contribution in [0.15, 0.2) is 22.7 Å². The van der Waals surface area contributed by atoms with Crippen molar-refractivity contribution in [2.75, 3.05) is 39.9 Å². The van der Waals surface area contributed by atoms with Gasteiger partial charge >= 0.3 is 6.09 Å². The maximum absolute atomic E-state index is 11.8. The summed E-state index contributed by atoms with van der Waals surface area (Å²) in [6, 6.07) is 6.45. The molecule has 5 nitrogen and oxygen atoms in total. The Morgan fingerprint density at radius 2 is 2.00 bits per heavy atom. The number of amides is 1. The van der Waals surface area contributed by atoms with Crippen molar-refractivity contribution in [3.8, 4) is 5.75 Å². The van der Waals surface area contributed by atoms with E-state index in [2.05, 4.69) is 46.8 Å². The number of rotatable bonds is 7. The maximum Gasteiger partial charge on any atom is 0.410 e. The Kier molecular flexibility index (Phi) is 7.63. The van der Waals surface area contributed by atoms with Crippen LogP contribution in [-0.4, -0.2) is 61.8 Å². The summed E-state index contributed by atoms with van der Waals surface area (Å²) >= 11 is 3.68. The zero-order chi connectivity index (χ0) is 20.1. The van der Waals surface area contributed by atoms with Crippen molar-refractivity contribution in [3.05, 3.63) is 28.2 Å². The molecule has 0 bridgehead atoms. The SMILES string of the molecule is COc1ccc(Br)c(CC2CCN(CCC3COC(=O)N(C(C)C)C3)CC2)c1. The van der Waals surface area contributed by atoms with E-state index in [1.54, 1.807) is 7.11 Å². The smallest absolute Gasteiger partial charge is 0.410 e. The molecule has 0 spiro atoms. The van der Waals surface area contributed by atoms with Crippen molar-refractivity contribution >= 4 is 22.0 Å². The molecule has 2 saturated heterocycles. The lowest BCUT2D eigenvalue weighted by atomic mass is 9.90. The van der Waals surface area contributed by atoms with Gasteiger partial charge in [0.05, 0.1) is 13.7 Å². The molecule has 6 heteroatoms. The number of methoxy groups -OCH3 is 1. The molecule has 28 heavy (non-hydrogen) atoms. The van der Waals surface area contributed by atoms with Gasteiger partial charge in [-0.05, 0) is 88.8 Å². The van der Waals surface area contributed by atoms with Gasteiger partial charge in [0.2, 0.25) is 0 Å². The van der Waals surface area contributed by atoms with Crippen LogP contribution < -0.4 is 4.74 Å². The van der Waals surface area contributed by atoms with Gasteiger partial charge in [-0.3, -0.25) is 0 Å². The summed E-state index contributed by atoms with van der Waals surface area (Å²) in [6.07, 6.45) is 4.52. The number of carbonyl (C=O) groups is 1. The quantitative estimate of drug-likeness (QED) is 0.606. The Morgan fingerprint density at radius 1 is 1.25 bits per heavy atom. The number of nitrogens with zero attached hydrogens (tertiary/aromatic N) is 2. The van der Waals surface area contributed by atoms with Crippen LogP contribution in [0.25, 0.3) is 0 Å². The molecule has 1 aromatic rings. The van der Waals surface area contributed by atoms with Gasteiger partial charge in [-0.1, -0.05) is 15.9 Å². The van der Waals surface area contributed by atoms with Crippen molar-refractivity contribution in [2.45, 2.75) is 45.6 Å². The highest BCUT2D eigenvalue weighted by molar-refractivity contribution is 9.10. The first-order valence-electron chi connectivity index (χ1n) is 10.4. The number of piperidine rings is 1. The number of carbonyl (C=O) groups excluding carboxylic acids is 1. The normalized spacial score (nSPS) is 21.8. The number of halogens is 1. The minimum atomic E-state index is -0.157. The first-order chi connectivity index (χ1) is 13.5. The first-order valence-corrected chi connectivity index (χ1v) is 11.2. The second-order valence-electron chi connectivity index (χ2n) is 8.42. The summed E-state index contributed by atoms with van der Waals surface area (Å²) in [5.74, 6) is 2.11. The summed E-state index contributed by atoms with van der Waals surface area (Å²) in [5, 5.41) is 0. The van der Waals surface area contributed by atoms with Crippen LogP contribution in [0.1, 0.15) is 38.7 Å². The lowest BCUT2D eigenvalue weighted by molar-refractivity contribution is 0.0256. The van der Waals surface area contributed by atoms with Crippen LogP contribution in [0.3, 0.4) is 0 Å². The topological polar surface area (TPSA) is 42.0 Å². The highest BCUT2D eigenvalue weighted by atomic mass is 79.9. The minimum absolute atomic E-state index is 0.157. The van der Waals surface area contributed by atoms with Crippen LogP contribution in [0.2, 0.25) is 0 Å². The minimum Gasteiger partial charge on any atom is -0.497 e. The third-order valence-electron chi connectivity index (χ3n) is 6.08. The number of hydrogen-bond acceptors (Lipinski definition) is 4. The number of benzene rings is 1. The average molecular weight is 453 g/mol. The van der Waals surface area contributed by atoms with Crippen molar-refractivity contribution < 1.29 is 14.3 Å². The van der Waals surface area contributed by atoms with E-state index >= 15 is 0 Å². The van der Waals surface area contributed by atoms with Gasteiger partial charge in [-0.15, -0.1) is 0 Å². The van der Waals surface area contributed by atoms with Gasteiger partial charge in [0.1, 0.15) is 5.75 Å². The summed E-state index contributed by atoms with van der Waals surface area (Å²) in [7, 11) is 1.72. The molecular formula is C22H33BrN2O3. The van der Waals surface area contributed by atoms with Crippen molar-refractivity contribution in [1.29, 1.82) is 0 Å². The van der Waals surface area contributed by atoms with Crippen molar-refractivity contribution in [3.63, 3.8) is 0 Å². The summed E-state index contributed by atoms with van der Waals surface area (Å²) in [4.78, 5) is 16.2. The second kappa shape index (κ2) is 9.97. The van der Waals surface area contributed by atoms with E-state index in [0.29, 0.717) is 12.5 Å². The van der Waals surface area contributed by atoms with Gasteiger partial charge in [0.25, 0.3) is 0 Å². The van der Waals surface area contributed by atoms with Gasteiger partial charge in [-0.2, -0.15) is 0 Å². The van der Waals surface area contributed by atoms with Crippen molar-refractivity contribution in [1.82, 2.24) is 9.80 Å². The molecule has 1 atom stereocenters. The van der Waals surface area contributed by atoms with Gasteiger partial charge < -0.3 is 19.3 Å². The molecule has 1 unspecified atom stereocenters. The fourth-order valence-electron chi connectivity index (χ4n) is 4.20. The molecule has 2 aliphatic rings. The largest absolute Gasteiger partial charge is 0.497 e. The predicted molar refractivity (Wildman–Crippen MR) is 115 cm³/mol. The summed E-state index contributed by atoms with van der Waals surface area (Å²) < 4.78 is 11.9. The Morgan fingerprint density at radius 3 is 2.68 bits per heavy atom. The highest BCUT2D eigenvalue weighted by Crippen LogP contribution is 2.29. The van der Waals surface area contributed by atoms with Crippen LogP contribution in [0.4, 0.5) is 4.79 Å². The van der Waals surface area contributed by atoms with E-state index in [1.165, 1.54) is 22.9 Å². The number of likely N-dealkylation sites (tertiary alicyclic amines) is 1. The van der Waals surface area contributed by atoms with E-state index in [9.17, 15) is 4.79 Å². The second-order valence-corrected chi connectivity index (χ2v) is 9.28. The van der Waals surface area contributed by atoms with Crippen LogP contribution in [0, 0.1) is 11.8 Å². The molecule has 2 aliphatic heterocycles. The zero-order valence-electron chi connectivity index (χ0n) is 17.3. The van der Waals surface area contributed by atoms with Gasteiger partial charge in [0, 0.05) is 23.0 Å². The van der Waals surface area contributed by atoms with E-state index in [4.69, 9.17) is 9.47 Å². The molecule has 3 rings (SSSR count). The Labute approximate surface area is 177 Å². The molecule has 0 aromatic heterocycles. The molecule has 1 aromatic carbocycles. The molecule has 0 saturated carbocycles. The Balaban J connectivity index is 1.42. The van der Waals surface area contributed by atoms with Gasteiger partial charge in [-0.25, -0.2) is 4.79 Å². The predicted octanol–water partition coefficient (Wildman–Crippen LogP) is 4.58. The molecule has 2 heterocycles. The van der Waals surface area contributed by atoms with Crippen molar-refractivity contribution in [2.24, 2.45) is 11.8 Å². The van der Waals surface area contributed by atoms with Crippen LogP contribution >= 0.6 is 15.9 Å². The fraction of sp³-hybridized carbons (Fsp3) is 0.682. The number of ether oxygens (including phenoxy) is 2. The monoisotopic (exact) mass is 452 g/mol. The van der Waals surface area contributed by atoms with E-state index in [0.717, 1.165) is 50.7 Å². The Hall–Kier alpha value is -1.27. The summed E-state index contributed by atoms with van der Waals surface area (Å²) in [6.45, 7) is 8.92. The number of cyclic esters (lactones) is 1. The molecular weight excluding hydrogens is 420 g/mol. The third-order valence-corrected chi connectivity index (χ3v) is 6.85. The molecule has 156 valence electrons. The van der Waals surface area contributed by atoms with E-state index in [-0.39, 0.29) is 12.1 Å². The summed E-state index contributed by atoms with van der Waals surface area (Å²) in [5.41, 5.74) is 1.34. The zero-order valence-corrected chi connectivity index (χ0v) is 18.9. The molecule has 2 fully saturated rings. The fourth-order valence-corrected chi connectivity index (χ4v) is 4.61. The van der Waals surface area contributed by atoms with Crippen LogP contribution in [0.5, 0.6) is 5.75 Å². The first kappa shape index (κ1) is 21.4. The maximum atomic E-state index is 11.8. The average Bonchev–Trinajstić information content (AvgIpc) is 2.70. The van der Waals surface area contributed by atoms with Gasteiger partial charge in [0.15, 0.2) is 0 Å². The lowest BCUT2D eigenvalue weighted by Crippen LogP contribution is -2.47. The molecule has 0 radical (unpaired) electrons. The third kappa shape index (κ3) is 5.63. The molecule has 0 N–H and O–H groups in total. The van der Waals surface area contributed by atoms with E-state index in [1.807, 2.05) is 11.0 Å². The number of hydrogen-bond donors (Lipinski definition) is 0. The standard InChI is InChI=1S/C22H33BrN2O3/c1-16(2)25-14-18(15-28-22(25)26)8-11-24-9-6-17(7-10-24)12-19-13-20(27-3)4-5-21(19)23/h4-5,13,16-18H,6-12,14-15H2,1-3H3. The van der Waals surface area contributed by atoms with E-state index < -0.39 is 0 Å². The Bertz CT molecular complexity index is 659. The highest BCUT2D eigenvalue weighted by Gasteiger charge is 2.29. The van der Waals surface area contributed by atoms with Crippen LogP contribution in [-0.2, 0) is 11.2 Å².